The van der Waals surface area contributed by atoms with Crippen LogP contribution in [0.2, 0.25) is 0 Å². The molecule has 3 unspecified atom stereocenters. The molecule has 1 rings (SSSR count). The molecule has 3 atom stereocenters. The maximum Gasteiger partial charge on any atom is 0.303 e. The SMILES string of the molecule is CCCCCC(O)/C=C/C1CCC(=O)C1C/C=C/CCCC(=O)O. The van der Waals surface area contributed by atoms with Gasteiger partial charge in [0.25, 0.3) is 0 Å². The molecule has 1 fully saturated rings. The van der Waals surface area contributed by atoms with Crippen LogP contribution in [0.25, 0.3) is 0 Å². The molecular formula is C20H32O4. The van der Waals surface area contributed by atoms with Crippen molar-refractivity contribution in [3.8, 4) is 0 Å². The second-order valence-corrected chi connectivity index (χ2v) is 6.72. The Morgan fingerprint density at radius 1 is 1.29 bits per heavy atom. The number of ketones is 1. The lowest BCUT2D eigenvalue weighted by Gasteiger charge is -2.13. The maximum atomic E-state index is 12.0. The molecule has 24 heavy (non-hydrogen) atoms. The van der Waals surface area contributed by atoms with Crippen molar-refractivity contribution in [1.29, 1.82) is 0 Å². The van der Waals surface area contributed by atoms with Crippen LogP contribution in [0.1, 0.15) is 71.1 Å². The molecule has 1 saturated carbocycles. The topological polar surface area (TPSA) is 74.6 Å². The molecule has 0 radical (unpaired) electrons. The summed E-state index contributed by atoms with van der Waals surface area (Å²) in [6.45, 7) is 2.14. The van der Waals surface area contributed by atoms with Gasteiger partial charge in [0.05, 0.1) is 6.10 Å². The van der Waals surface area contributed by atoms with E-state index in [9.17, 15) is 14.7 Å². The monoisotopic (exact) mass is 336 g/mol. The first-order valence-corrected chi connectivity index (χ1v) is 9.30. The maximum absolute atomic E-state index is 12.0. The standard InChI is InChI=1S/C20H32O4/c1-2-3-6-9-17(21)14-12-16-13-15-19(22)18(16)10-7-4-5-8-11-20(23)24/h4,7,12,14,16-18,21H,2-3,5-6,8-11,13,15H2,1H3,(H,23,24)/b7-4+,14-12+. The van der Waals surface area contributed by atoms with Gasteiger partial charge in [-0.2, -0.15) is 0 Å². The van der Waals surface area contributed by atoms with Crippen molar-refractivity contribution in [2.24, 2.45) is 11.8 Å². The van der Waals surface area contributed by atoms with Crippen molar-refractivity contribution in [2.45, 2.75) is 77.2 Å². The number of rotatable bonds is 12. The highest BCUT2D eigenvalue weighted by Gasteiger charge is 2.31. The van der Waals surface area contributed by atoms with E-state index in [0.29, 0.717) is 25.0 Å². The number of aliphatic carboxylic acids is 1. The molecule has 0 heterocycles. The molecule has 0 spiro atoms. The Morgan fingerprint density at radius 2 is 2.08 bits per heavy atom. The number of carboxylic acid groups (broad SMARTS) is 1. The van der Waals surface area contributed by atoms with Gasteiger partial charge >= 0.3 is 5.97 Å². The second-order valence-electron chi connectivity index (χ2n) is 6.72. The summed E-state index contributed by atoms with van der Waals surface area (Å²) in [5.74, 6) is -0.223. The molecule has 1 aliphatic carbocycles. The first-order chi connectivity index (χ1) is 11.5. The van der Waals surface area contributed by atoms with Gasteiger partial charge < -0.3 is 10.2 Å². The summed E-state index contributed by atoms with van der Waals surface area (Å²) in [6.07, 6.45) is 15.4. The van der Waals surface area contributed by atoms with E-state index in [0.717, 1.165) is 38.5 Å². The predicted molar refractivity (Wildman–Crippen MR) is 95.8 cm³/mol. The lowest BCUT2D eigenvalue weighted by atomic mass is 9.91. The fourth-order valence-corrected chi connectivity index (χ4v) is 3.17. The number of Topliss-reactive ketones (excluding diaryl/α,β-unsaturated/α-hetero) is 1. The van der Waals surface area contributed by atoms with E-state index >= 15 is 0 Å². The van der Waals surface area contributed by atoms with Gasteiger partial charge in [0.15, 0.2) is 0 Å². The van der Waals surface area contributed by atoms with Crippen molar-refractivity contribution in [3.63, 3.8) is 0 Å². The highest BCUT2D eigenvalue weighted by atomic mass is 16.4. The average molecular weight is 336 g/mol. The Morgan fingerprint density at radius 3 is 2.79 bits per heavy atom. The molecule has 0 saturated heterocycles. The first-order valence-electron chi connectivity index (χ1n) is 9.30. The Bertz CT molecular complexity index is 439. The molecule has 0 aromatic rings. The molecule has 0 bridgehead atoms. The number of aliphatic hydroxyl groups excluding tert-OH is 1. The Hall–Kier alpha value is -1.42. The molecule has 0 aromatic heterocycles. The summed E-state index contributed by atoms with van der Waals surface area (Å²) in [7, 11) is 0. The van der Waals surface area contributed by atoms with Gasteiger partial charge in [-0.25, -0.2) is 0 Å². The van der Waals surface area contributed by atoms with E-state index in [2.05, 4.69) is 6.92 Å². The first kappa shape index (κ1) is 20.6. The van der Waals surface area contributed by atoms with Crippen LogP contribution in [0.3, 0.4) is 0 Å². The largest absolute Gasteiger partial charge is 0.481 e. The minimum Gasteiger partial charge on any atom is -0.481 e. The normalized spacial score (nSPS) is 22.7. The lowest BCUT2D eigenvalue weighted by Crippen LogP contribution is -2.13. The van der Waals surface area contributed by atoms with Crippen LogP contribution in [0.15, 0.2) is 24.3 Å². The Kier molecular flexibility index (Phi) is 10.3. The van der Waals surface area contributed by atoms with Crippen LogP contribution in [0.4, 0.5) is 0 Å². The van der Waals surface area contributed by atoms with Crippen LogP contribution >= 0.6 is 0 Å². The summed E-state index contributed by atoms with van der Waals surface area (Å²) in [5.41, 5.74) is 0. The highest BCUT2D eigenvalue weighted by molar-refractivity contribution is 5.83. The van der Waals surface area contributed by atoms with Gasteiger partial charge in [0.2, 0.25) is 0 Å². The average Bonchev–Trinajstić information content (AvgIpc) is 2.89. The zero-order chi connectivity index (χ0) is 17.8. The van der Waals surface area contributed by atoms with Gasteiger partial charge in [-0.15, -0.1) is 0 Å². The number of aliphatic hydroxyl groups is 1. The number of carbonyl (C=O) groups is 2. The van der Waals surface area contributed by atoms with Gasteiger partial charge in [-0.3, -0.25) is 9.59 Å². The minimum absolute atomic E-state index is 0.0137. The zero-order valence-electron chi connectivity index (χ0n) is 14.8. The third kappa shape index (κ3) is 8.44. The summed E-state index contributed by atoms with van der Waals surface area (Å²) < 4.78 is 0. The van der Waals surface area contributed by atoms with Crippen LogP contribution in [0.5, 0.6) is 0 Å². The number of hydrogen-bond acceptors (Lipinski definition) is 3. The second kappa shape index (κ2) is 12.0. The fraction of sp³-hybridized carbons (Fsp3) is 0.700. The van der Waals surface area contributed by atoms with Gasteiger partial charge in [-0.05, 0) is 38.0 Å². The van der Waals surface area contributed by atoms with Crippen molar-refractivity contribution in [3.05, 3.63) is 24.3 Å². The number of carbonyl (C=O) groups excluding carboxylic acids is 1. The van der Waals surface area contributed by atoms with Gasteiger partial charge in [0, 0.05) is 18.8 Å². The molecular weight excluding hydrogens is 304 g/mol. The van der Waals surface area contributed by atoms with E-state index in [1.807, 2.05) is 24.3 Å². The highest BCUT2D eigenvalue weighted by Crippen LogP contribution is 2.33. The van der Waals surface area contributed by atoms with E-state index < -0.39 is 12.1 Å². The third-order valence-corrected chi connectivity index (χ3v) is 4.66. The van der Waals surface area contributed by atoms with Crippen molar-refractivity contribution in [2.75, 3.05) is 0 Å². The summed E-state index contributed by atoms with van der Waals surface area (Å²) in [5, 5.41) is 18.6. The molecule has 136 valence electrons. The molecule has 1 aliphatic rings. The molecule has 4 nitrogen and oxygen atoms in total. The van der Waals surface area contributed by atoms with E-state index in [-0.39, 0.29) is 18.3 Å². The molecule has 2 N–H and O–H groups in total. The van der Waals surface area contributed by atoms with Gasteiger partial charge in [0.1, 0.15) is 5.78 Å². The number of unbranched alkanes of at least 4 members (excludes halogenated alkanes) is 3. The summed E-state index contributed by atoms with van der Waals surface area (Å²) >= 11 is 0. The van der Waals surface area contributed by atoms with E-state index in [1.165, 1.54) is 0 Å². The molecule has 0 amide bonds. The van der Waals surface area contributed by atoms with Crippen LogP contribution in [0, 0.1) is 11.8 Å². The van der Waals surface area contributed by atoms with Crippen molar-refractivity contribution < 1.29 is 19.8 Å². The number of hydrogen-bond donors (Lipinski definition) is 2. The smallest absolute Gasteiger partial charge is 0.303 e. The molecule has 4 heteroatoms. The van der Waals surface area contributed by atoms with Crippen LogP contribution in [-0.4, -0.2) is 28.1 Å². The van der Waals surface area contributed by atoms with E-state index in [4.69, 9.17) is 5.11 Å². The quantitative estimate of drug-likeness (QED) is 0.412. The fourth-order valence-electron chi connectivity index (χ4n) is 3.17. The van der Waals surface area contributed by atoms with Gasteiger partial charge in [-0.1, -0.05) is 50.5 Å². The number of allylic oxidation sites excluding steroid dienone is 3. The lowest BCUT2D eigenvalue weighted by molar-refractivity contribution is -0.137. The summed E-state index contributed by atoms with van der Waals surface area (Å²) in [4.78, 5) is 22.5. The predicted octanol–water partition coefficient (Wildman–Crippen LogP) is 4.28. The molecule has 0 aromatic carbocycles. The van der Waals surface area contributed by atoms with Crippen LogP contribution in [-0.2, 0) is 9.59 Å². The minimum atomic E-state index is -0.767. The van der Waals surface area contributed by atoms with Crippen LogP contribution < -0.4 is 0 Å². The third-order valence-electron chi connectivity index (χ3n) is 4.66. The molecule has 0 aliphatic heterocycles. The number of carboxylic acids is 1. The zero-order valence-corrected chi connectivity index (χ0v) is 14.8. The van der Waals surface area contributed by atoms with E-state index in [1.54, 1.807) is 0 Å². The van der Waals surface area contributed by atoms with Crippen molar-refractivity contribution in [1.82, 2.24) is 0 Å². The Labute approximate surface area is 145 Å². The Balaban J connectivity index is 2.37. The van der Waals surface area contributed by atoms with Crippen molar-refractivity contribution >= 4 is 11.8 Å². The summed E-state index contributed by atoms with van der Waals surface area (Å²) in [6, 6.07) is 0.